The molecule has 20 heavy (non-hydrogen) atoms. The van der Waals surface area contributed by atoms with E-state index >= 15 is 0 Å². The first kappa shape index (κ1) is 14.4. The van der Waals surface area contributed by atoms with Crippen molar-refractivity contribution >= 4 is 24.8 Å². The Morgan fingerprint density at radius 3 is 2.70 bits per heavy atom. The fraction of sp³-hybridized carbons (Fsp3) is 0.375. The molecule has 0 bridgehead atoms. The maximum absolute atomic E-state index is 11.4. The average molecular weight is 266 g/mol. The number of nitriles is 1. The van der Waals surface area contributed by atoms with Gasteiger partial charge in [0.1, 0.15) is 6.29 Å². The lowest BCUT2D eigenvalue weighted by molar-refractivity contribution is -0.105. The molecule has 1 aliphatic heterocycles. The third-order valence-electron chi connectivity index (χ3n) is 4.07. The zero-order valence-electron chi connectivity index (χ0n) is 11.8. The summed E-state index contributed by atoms with van der Waals surface area (Å²) in [4.78, 5) is 11.4. The summed E-state index contributed by atoms with van der Waals surface area (Å²) in [6.07, 6.45) is 6.63. The van der Waals surface area contributed by atoms with Gasteiger partial charge in [0, 0.05) is 18.7 Å². The molecule has 1 fully saturated rings. The van der Waals surface area contributed by atoms with E-state index in [2.05, 4.69) is 11.3 Å². The van der Waals surface area contributed by atoms with Gasteiger partial charge >= 0.3 is 0 Å². The van der Waals surface area contributed by atoms with Gasteiger partial charge < -0.3 is 5.32 Å². The van der Waals surface area contributed by atoms with Crippen LogP contribution < -0.4 is 5.32 Å². The van der Waals surface area contributed by atoms with Gasteiger partial charge in [0.15, 0.2) is 0 Å². The van der Waals surface area contributed by atoms with Crippen LogP contribution in [0.15, 0.2) is 29.8 Å². The van der Waals surface area contributed by atoms with Gasteiger partial charge in [0.25, 0.3) is 6.71 Å². The number of benzene rings is 1. The minimum atomic E-state index is 0.170. The molecule has 1 saturated heterocycles. The van der Waals surface area contributed by atoms with Gasteiger partial charge in [0.05, 0.1) is 0 Å². The van der Waals surface area contributed by atoms with Crippen molar-refractivity contribution in [2.45, 2.75) is 25.5 Å². The first-order valence-electron chi connectivity index (χ1n) is 7.11. The number of para-hydroxylation sites is 1. The highest BCUT2D eigenvalue weighted by molar-refractivity contribution is 6.67. The monoisotopic (exact) mass is 266 g/mol. The zero-order valence-corrected chi connectivity index (χ0v) is 11.8. The quantitative estimate of drug-likeness (QED) is 0.517. The van der Waals surface area contributed by atoms with Gasteiger partial charge in [0.2, 0.25) is 0 Å². The second-order valence-corrected chi connectivity index (χ2v) is 5.28. The molecular formula is C16H19BN2O. The molecule has 102 valence electrons. The second-order valence-electron chi connectivity index (χ2n) is 5.28. The molecule has 1 N–H and O–H groups in total. The number of aldehydes is 1. The number of carbonyl (C=O) groups excluding carboxylic acids is 1. The highest BCUT2D eigenvalue weighted by atomic mass is 16.1. The molecule has 0 aliphatic carbocycles. The molecule has 0 amide bonds. The van der Waals surface area contributed by atoms with Crippen LogP contribution in [0.3, 0.4) is 0 Å². The molecule has 3 nitrogen and oxygen atoms in total. The van der Waals surface area contributed by atoms with E-state index in [0.29, 0.717) is 5.92 Å². The topological polar surface area (TPSA) is 52.9 Å². The normalized spacial score (nSPS) is 16.6. The highest BCUT2D eigenvalue weighted by Crippen LogP contribution is 2.31. The Labute approximate surface area is 120 Å². The summed E-state index contributed by atoms with van der Waals surface area (Å²) in [5.41, 5.74) is 2.92. The second kappa shape index (κ2) is 6.95. The van der Waals surface area contributed by atoms with E-state index in [1.807, 2.05) is 37.4 Å². The standard InChI is InChI=1S/C16H19BN2O/c1-19-16-5-3-2-4-14(16)10-15(11-20)13-6-8-17(12-18)9-7-13/h2-5,10-11,13,19H,6-9H2,1H3/b15-10+. The summed E-state index contributed by atoms with van der Waals surface area (Å²) >= 11 is 0. The Kier molecular flexibility index (Phi) is 5.00. The van der Waals surface area contributed by atoms with Crippen molar-refractivity contribution in [3.8, 4) is 5.97 Å². The van der Waals surface area contributed by atoms with Gasteiger partial charge in [-0.3, -0.25) is 4.79 Å². The van der Waals surface area contributed by atoms with Crippen LogP contribution >= 0.6 is 0 Å². The lowest BCUT2D eigenvalue weighted by atomic mass is 9.41. The number of nitrogens with zero attached hydrogens (tertiary/aromatic N) is 1. The van der Waals surface area contributed by atoms with Crippen LogP contribution in [-0.4, -0.2) is 20.0 Å². The molecule has 1 aliphatic rings. The van der Waals surface area contributed by atoms with Crippen molar-refractivity contribution in [3.63, 3.8) is 0 Å². The zero-order chi connectivity index (χ0) is 14.4. The molecule has 1 aromatic rings. The summed E-state index contributed by atoms with van der Waals surface area (Å²) in [6, 6.07) is 7.96. The van der Waals surface area contributed by atoms with Gasteiger partial charge in [-0.05, 0) is 29.2 Å². The predicted molar refractivity (Wildman–Crippen MR) is 83.7 cm³/mol. The van der Waals surface area contributed by atoms with Crippen molar-refractivity contribution in [2.75, 3.05) is 12.4 Å². The number of nitrogens with one attached hydrogen (secondary N) is 1. The van der Waals surface area contributed by atoms with Crippen LogP contribution in [0.4, 0.5) is 5.69 Å². The molecule has 4 heteroatoms. The lowest BCUT2D eigenvalue weighted by Gasteiger charge is -2.23. The van der Waals surface area contributed by atoms with Crippen LogP contribution in [0, 0.1) is 17.1 Å². The fourth-order valence-electron chi connectivity index (χ4n) is 2.83. The summed E-state index contributed by atoms with van der Waals surface area (Å²) in [5, 5.41) is 12.1. The maximum atomic E-state index is 11.4. The molecule has 0 saturated carbocycles. The molecule has 0 unspecified atom stereocenters. The molecule has 0 aromatic heterocycles. The average Bonchev–Trinajstić information content (AvgIpc) is 2.53. The lowest BCUT2D eigenvalue weighted by Crippen LogP contribution is -2.21. The number of rotatable bonds is 4. The summed E-state index contributed by atoms with van der Waals surface area (Å²) in [6.45, 7) is 0.170. The van der Waals surface area contributed by atoms with Crippen molar-refractivity contribution in [1.82, 2.24) is 0 Å². The van der Waals surface area contributed by atoms with Crippen molar-refractivity contribution in [2.24, 2.45) is 5.92 Å². The van der Waals surface area contributed by atoms with E-state index < -0.39 is 0 Å². The smallest absolute Gasteiger partial charge is 0.267 e. The Morgan fingerprint density at radius 2 is 2.10 bits per heavy atom. The summed E-state index contributed by atoms with van der Waals surface area (Å²) < 4.78 is 0. The molecule has 0 radical (unpaired) electrons. The molecule has 0 spiro atoms. The van der Waals surface area contributed by atoms with Crippen LogP contribution in [-0.2, 0) is 4.79 Å². The number of anilines is 1. The number of hydrogen-bond acceptors (Lipinski definition) is 3. The molecule has 1 heterocycles. The van der Waals surface area contributed by atoms with Crippen LogP contribution in [0.5, 0.6) is 0 Å². The molecule has 2 rings (SSSR count). The van der Waals surface area contributed by atoms with E-state index in [9.17, 15) is 4.79 Å². The van der Waals surface area contributed by atoms with Crippen molar-refractivity contribution in [3.05, 3.63) is 35.4 Å². The van der Waals surface area contributed by atoms with Gasteiger partial charge in [-0.15, -0.1) is 0 Å². The Morgan fingerprint density at radius 1 is 1.40 bits per heavy atom. The van der Waals surface area contributed by atoms with Crippen molar-refractivity contribution < 1.29 is 4.79 Å². The number of allylic oxidation sites excluding steroid dienone is 1. The predicted octanol–water partition coefficient (Wildman–Crippen LogP) is 3.28. The van der Waals surface area contributed by atoms with E-state index in [1.54, 1.807) is 0 Å². The van der Waals surface area contributed by atoms with Crippen LogP contribution in [0.25, 0.3) is 6.08 Å². The highest BCUT2D eigenvalue weighted by Gasteiger charge is 2.26. The molecule has 0 atom stereocenters. The Balaban J connectivity index is 2.18. The van der Waals surface area contributed by atoms with Crippen molar-refractivity contribution in [1.29, 1.82) is 5.26 Å². The van der Waals surface area contributed by atoms with E-state index in [1.165, 1.54) is 0 Å². The van der Waals surface area contributed by atoms with Crippen LogP contribution in [0.1, 0.15) is 18.4 Å². The summed E-state index contributed by atoms with van der Waals surface area (Å²) in [7, 11) is 1.88. The SMILES string of the molecule is CNc1ccccc1/C=C(\C=O)C1CCB(C#N)CC1. The first-order chi connectivity index (χ1) is 9.78. The molecule has 1 aromatic carbocycles. The van der Waals surface area contributed by atoms with Gasteiger partial charge in [-0.1, -0.05) is 43.7 Å². The Bertz CT molecular complexity index is 540. The largest absolute Gasteiger partial charge is 0.388 e. The number of hydrogen-bond donors (Lipinski definition) is 1. The van der Waals surface area contributed by atoms with E-state index in [-0.39, 0.29) is 6.71 Å². The molecular weight excluding hydrogens is 247 g/mol. The first-order valence-corrected chi connectivity index (χ1v) is 7.11. The third kappa shape index (κ3) is 3.30. The maximum Gasteiger partial charge on any atom is 0.267 e. The van der Waals surface area contributed by atoms with Crippen LogP contribution in [0.2, 0.25) is 12.6 Å². The third-order valence-corrected chi connectivity index (χ3v) is 4.07. The Hall–Kier alpha value is -2.02. The van der Waals surface area contributed by atoms with Gasteiger partial charge in [-0.2, -0.15) is 0 Å². The minimum absolute atomic E-state index is 0.170. The number of carbonyl (C=O) groups is 1. The minimum Gasteiger partial charge on any atom is -0.388 e. The van der Waals surface area contributed by atoms with E-state index in [4.69, 9.17) is 5.26 Å². The van der Waals surface area contributed by atoms with E-state index in [0.717, 1.165) is 48.6 Å². The summed E-state index contributed by atoms with van der Waals surface area (Å²) in [5.74, 6) is 2.63. The fourth-order valence-corrected chi connectivity index (χ4v) is 2.83. The van der Waals surface area contributed by atoms with Gasteiger partial charge in [-0.25, -0.2) is 5.26 Å².